The summed E-state index contributed by atoms with van der Waals surface area (Å²) in [5.41, 5.74) is 3.34. The van der Waals surface area contributed by atoms with E-state index in [-0.39, 0.29) is 47.0 Å². The van der Waals surface area contributed by atoms with Gasteiger partial charge in [0.1, 0.15) is 12.4 Å². The van der Waals surface area contributed by atoms with Crippen molar-refractivity contribution in [2.24, 2.45) is 0 Å². The summed E-state index contributed by atoms with van der Waals surface area (Å²) in [6.07, 6.45) is 1.97. The van der Waals surface area contributed by atoms with Gasteiger partial charge in [0.15, 0.2) is 6.29 Å². The highest BCUT2D eigenvalue weighted by molar-refractivity contribution is 6.34. The van der Waals surface area contributed by atoms with E-state index >= 15 is 0 Å². The summed E-state index contributed by atoms with van der Waals surface area (Å²) in [5, 5.41) is 27.5. The second-order valence-electron chi connectivity index (χ2n) is 13.3. The predicted molar refractivity (Wildman–Crippen MR) is 204 cm³/mol. The van der Waals surface area contributed by atoms with Gasteiger partial charge in [-0.15, -0.1) is 0 Å². The number of non-ortho nitro benzene ring substituents is 1. The number of nitro groups is 1. The summed E-state index contributed by atoms with van der Waals surface area (Å²) in [5.74, 6) is 0.00993. The number of carbonyl (C=O) groups excluding carboxylic acids is 3. The Balaban J connectivity index is 1.25. The van der Waals surface area contributed by atoms with Crippen LogP contribution in [0.2, 0.25) is 5.02 Å². The number of nitrogens with zero attached hydrogens (tertiary/aromatic N) is 2. The lowest BCUT2D eigenvalue weighted by Gasteiger charge is -2.45. The number of nitro benzene ring substituents is 1. The molecule has 5 rings (SSSR count). The van der Waals surface area contributed by atoms with Gasteiger partial charge in [0.05, 0.1) is 34.0 Å². The fourth-order valence-electron chi connectivity index (χ4n) is 6.68. The molecule has 3 N–H and O–H groups in total. The van der Waals surface area contributed by atoms with E-state index < -0.39 is 22.6 Å². The quantitative estimate of drug-likeness (QED) is 0.0644. The number of anilines is 2. The van der Waals surface area contributed by atoms with Gasteiger partial charge in [0.25, 0.3) is 5.69 Å². The number of carbonyl (C=O) groups is 4. The average molecular weight is 757 g/mol. The molecule has 0 radical (unpaired) electrons. The monoisotopic (exact) mass is 756 g/mol. The molecule has 1 saturated carbocycles. The first kappa shape index (κ1) is 39.3. The van der Waals surface area contributed by atoms with Gasteiger partial charge in [0, 0.05) is 41.8 Å². The van der Waals surface area contributed by atoms with Crippen molar-refractivity contribution in [3.8, 4) is 16.9 Å². The molecule has 0 aliphatic heterocycles. The Morgan fingerprint density at radius 1 is 1.02 bits per heavy atom. The molecule has 0 bridgehead atoms. The molecule has 1 aliphatic rings. The average Bonchev–Trinajstić information content (AvgIpc) is 3.16. The first-order valence-corrected chi connectivity index (χ1v) is 17.8. The van der Waals surface area contributed by atoms with Crippen LogP contribution in [0.1, 0.15) is 66.9 Å². The topological polar surface area (TPSA) is 177 Å². The summed E-state index contributed by atoms with van der Waals surface area (Å²) in [4.78, 5) is 61.7. The second kappa shape index (κ2) is 17.7. The van der Waals surface area contributed by atoms with E-state index in [0.717, 1.165) is 16.7 Å². The van der Waals surface area contributed by atoms with Gasteiger partial charge in [-0.1, -0.05) is 54.1 Å². The van der Waals surface area contributed by atoms with Gasteiger partial charge >= 0.3 is 12.2 Å². The molecular weight excluding hydrogens is 716 g/mol. The van der Waals surface area contributed by atoms with E-state index in [2.05, 4.69) is 10.6 Å². The zero-order valence-electron chi connectivity index (χ0n) is 29.9. The van der Waals surface area contributed by atoms with E-state index in [4.69, 9.17) is 21.1 Å². The summed E-state index contributed by atoms with van der Waals surface area (Å²) in [6, 6.07) is 23.7. The fraction of sp³-hybridized carbons (Fsp3) is 0.300. The maximum Gasteiger partial charge on any atom is 0.412 e. The Bertz CT molecular complexity index is 2000. The number of hydrogen-bond donors (Lipinski definition) is 3. The molecular formula is C40H41ClN4O9. The summed E-state index contributed by atoms with van der Waals surface area (Å²) < 4.78 is 10.6. The van der Waals surface area contributed by atoms with E-state index in [1.54, 1.807) is 0 Å². The number of methoxy groups -OCH3 is 1. The van der Waals surface area contributed by atoms with Gasteiger partial charge in [-0.2, -0.15) is 0 Å². The van der Waals surface area contributed by atoms with Gasteiger partial charge in [-0.25, -0.2) is 9.59 Å². The lowest BCUT2D eigenvalue weighted by atomic mass is 9.79. The Kier molecular flexibility index (Phi) is 12.9. The first-order valence-electron chi connectivity index (χ1n) is 17.4. The number of hydrogen-bond acceptors (Lipinski definition) is 8. The van der Waals surface area contributed by atoms with Crippen LogP contribution in [0.5, 0.6) is 5.75 Å². The van der Waals surface area contributed by atoms with Gasteiger partial charge in [0.2, 0.25) is 5.91 Å². The molecule has 0 heterocycles. The molecule has 0 aromatic heterocycles. The zero-order chi connectivity index (χ0) is 38.8. The van der Waals surface area contributed by atoms with Crippen molar-refractivity contribution in [1.29, 1.82) is 0 Å². The van der Waals surface area contributed by atoms with Crippen LogP contribution in [0.3, 0.4) is 0 Å². The van der Waals surface area contributed by atoms with E-state index in [9.17, 15) is 34.4 Å². The summed E-state index contributed by atoms with van der Waals surface area (Å²) in [6.45, 7) is 1.86. The number of rotatable bonds is 14. The molecule has 3 amide bonds. The standard InChI is InChI=1S/C40H41ClN4O9/c1-40(19-17-30(18-20-40)42-38(48)54-25-27-11-14-31(15-12-27)45(51)52)44(39(49)50)35-21-26(13-16-32(35)28-8-4-3-5-9-28)7-6-10-37(47)43-34-23-36(53-2)29(24-46)22-33(34)41/h3-5,8-9,11-16,21-24,30H,6-7,10,17-20,25H2,1-2H3,(H,42,48)(H,43,47)(H,49,50). The highest BCUT2D eigenvalue weighted by atomic mass is 35.5. The molecule has 0 unspecified atom stereocenters. The highest BCUT2D eigenvalue weighted by Crippen LogP contribution is 2.42. The number of ether oxygens (including phenoxy) is 2. The van der Waals surface area contributed by atoms with Gasteiger partial charge < -0.3 is 25.2 Å². The molecule has 54 heavy (non-hydrogen) atoms. The number of benzene rings is 4. The number of carboxylic acid groups (broad SMARTS) is 1. The van der Waals surface area contributed by atoms with Gasteiger partial charge in [-0.05, 0) is 86.4 Å². The number of amides is 3. The lowest BCUT2D eigenvalue weighted by Crippen LogP contribution is -2.54. The maximum absolute atomic E-state index is 13.1. The molecule has 4 aromatic carbocycles. The molecule has 0 saturated heterocycles. The van der Waals surface area contributed by atoms with Crippen LogP contribution in [-0.2, 0) is 22.6 Å². The SMILES string of the molecule is COc1cc(NC(=O)CCCc2ccc(-c3ccccc3)c(N(C(=O)O)C3(C)CCC(NC(=O)OCc4ccc([N+](=O)[O-])cc4)CC3)c2)c(Cl)cc1C=O. The van der Waals surface area contributed by atoms with Gasteiger partial charge in [-0.3, -0.25) is 24.6 Å². The molecule has 0 atom stereocenters. The Labute approximate surface area is 317 Å². The number of aryl methyl sites for hydroxylation is 1. The van der Waals surface area contributed by atoms with Crippen LogP contribution in [0, 0.1) is 10.1 Å². The third-order valence-corrected chi connectivity index (χ3v) is 9.92. The van der Waals surface area contributed by atoms with E-state index in [0.29, 0.717) is 61.7 Å². The summed E-state index contributed by atoms with van der Waals surface area (Å²) >= 11 is 6.28. The molecule has 1 fully saturated rings. The highest BCUT2D eigenvalue weighted by Gasteiger charge is 2.41. The normalized spacial score (nSPS) is 16.5. The van der Waals surface area contributed by atoms with Crippen molar-refractivity contribution < 1.29 is 38.7 Å². The molecule has 14 heteroatoms. The van der Waals surface area contributed by atoms with Crippen LogP contribution in [0.15, 0.2) is 84.9 Å². The van der Waals surface area contributed by atoms with Crippen molar-refractivity contribution in [3.63, 3.8) is 0 Å². The molecule has 0 spiro atoms. The van der Waals surface area contributed by atoms with Crippen molar-refractivity contribution >= 4 is 53.0 Å². The van der Waals surface area contributed by atoms with E-state index in [1.165, 1.54) is 48.4 Å². The largest absolute Gasteiger partial charge is 0.496 e. The predicted octanol–water partition coefficient (Wildman–Crippen LogP) is 8.81. The van der Waals surface area contributed by atoms with Crippen LogP contribution < -0.4 is 20.3 Å². The number of alkyl carbamates (subject to hydrolysis) is 1. The summed E-state index contributed by atoms with van der Waals surface area (Å²) in [7, 11) is 1.42. The Morgan fingerprint density at radius 3 is 2.33 bits per heavy atom. The molecule has 13 nitrogen and oxygen atoms in total. The number of nitrogens with one attached hydrogen (secondary N) is 2. The van der Waals surface area contributed by atoms with Crippen LogP contribution in [-0.4, -0.2) is 53.1 Å². The van der Waals surface area contributed by atoms with Crippen molar-refractivity contribution in [3.05, 3.63) is 117 Å². The van der Waals surface area contributed by atoms with Crippen LogP contribution in [0.25, 0.3) is 11.1 Å². The van der Waals surface area contributed by atoms with Crippen molar-refractivity contribution in [2.45, 2.75) is 70.1 Å². The Hall–Kier alpha value is -5.95. The fourth-order valence-corrected chi connectivity index (χ4v) is 6.90. The van der Waals surface area contributed by atoms with Crippen molar-refractivity contribution in [2.75, 3.05) is 17.3 Å². The number of halogens is 1. The lowest BCUT2D eigenvalue weighted by molar-refractivity contribution is -0.384. The van der Waals surface area contributed by atoms with Crippen LogP contribution >= 0.6 is 11.6 Å². The minimum atomic E-state index is -1.10. The van der Waals surface area contributed by atoms with Crippen LogP contribution in [0.4, 0.5) is 26.7 Å². The number of aldehydes is 1. The maximum atomic E-state index is 13.1. The minimum Gasteiger partial charge on any atom is -0.496 e. The van der Waals surface area contributed by atoms with Crippen molar-refractivity contribution in [1.82, 2.24) is 5.32 Å². The zero-order valence-corrected chi connectivity index (χ0v) is 30.6. The first-order chi connectivity index (χ1) is 25.9. The molecule has 282 valence electrons. The smallest absolute Gasteiger partial charge is 0.412 e. The second-order valence-corrected chi connectivity index (χ2v) is 13.8. The molecule has 1 aliphatic carbocycles. The minimum absolute atomic E-state index is 0.0514. The van der Waals surface area contributed by atoms with E-state index in [1.807, 2.05) is 55.5 Å². The molecule has 4 aromatic rings. The third-order valence-electron chi connectivity index (χ3n) is 9.61. The Morgan fingerprint density at radius 2 is 1.70 bits per heavy atom. The third kappa shape index (κ3) is 9.72.